The van der Waals surface area contributed by atoms with E-state index in [0.29, 0.717) is 25.9 Å². The van der Waals surface area contributed by atoms with Crippen LogP contribution in [0.25, 0.3) is 0 Å². The van der Waals surface area contributed by atoms with Crippen LogP contribution in [0.2, 0.25) is 0 Å². The van der Waals surface area contributed by atoms with Gasteiger partial charge in [-0.05, 0) is 58.0 Å². The molecule has 0 fully saturated rings. The van der Waals surface area contributed by atoms with Gasteiger partial charge < -0.3 is 42.1 Å². The van der Waals surface area contributed by atoms with E-state index >= 15 is 0 Å². The zero-order valence-electron chi connectivity index (χ0n) is 13.7. The Kier molecular flexibility index (Phi) is 12.8. The lowest BCUT2D eigenvalue weighted by Crippen LogP contribution is -2.29. The van der Waals surface area contributed by atoms with Crippen molar-refractivity contribution >= 4 is 0 Å². The van der Waals surface area contributed by atoms with Crippen LogP contribution in [0, 0.1) is 0 Å². The van der Waals surface area contributed by atoms with E-state index in [0.717, 1.165) is 0 Å². The van der Waals surface area contributed by atoms with Gasteiger partial charge in [0.15, 0.2) is 0 Å². The molecule has 0 aliphatic rings. The summed E-state index contributed by atoms with van der Waals surface area (Å²) in [6, 6.07) is 0. The minimum Gasteiger partial charge on any atom is -0.393 e. The molecule has 0 unspecified atom stereocenters. The average molecular weight is 338 g/mol. The van der Waals surface area contributed by atoms with E-state index in [1.807, 2.05) is 0 Å². The van der Waals surface area contributed by atoms with E-state index in [1.165, 1.54) is 0 Å². The number of hydrogen-bond donors (Lipinski definition) is 8. The normalized spacial score (nSPS) is 19.8. The van der Waals surface area contributed by atoms with Gasteiger partial charge in [-0.1, -0.05) is 0 Å². The summed E-state index contributed by atoms with van der Waals surface area (Å²) in [7, 11) is 0. The number of nitrogens with two attached hydrogens (primary N) is 2. The highest BCUT2D eigenvalue weighted by Gasteiger charge is 2.21. The largest absolute Gasteiger partial charge is 0.393 e. The molecule has 0 aromatic heterocycles. The monoisotopic (exact) mass is 338 g/mol. The predicted molar refractivity (Wildman–Crippen MR) is 86.5 cm³/mol. The highest BCUT2D eigenvalue weighted by molar-refractivity contribution is 4.74. The van der Waals surface area contributed by atoms with Crippen molar-refractivity contribution < 1.29 is 30.6 Å². The summed E-state index contributed by atoms with van der Waals surface area (Å²) in [6.07, 6.45) is -3.97. The molecule has 0 aliphatic carbocycles. The molecule has 140 valence electrons. The molecule has 0 aliphatic heterocycles. The molecule has 23 heavy (non-hydrogen) atoms. The maximum atomic E-state index is 9.84. The van der Waals surface area contributed by atoms with Crippen LogP contribution in [-0.2, 0) is 0 Å². The Morgan fingerprint density at radius 1 is 0.435 bits per heavy atom. The predicted octanol–water partition coefficient (Wildman–Crippen LogP) is -2.20. The molecular weight excluding hydrogens is 304 g/mol. The second-order valence-corrected chi connectivity index (χ2v) is 6.26. The summed E-state index contributed by atoms with van der Waals surface area (Å²) >= 11 is 0. The van der Waals surface area contributed by atoms with Crippen molar-refractivity contribution in [3.63, 3.8) is 0 Å². The van der Waals surface area contributed by atoms with Crippen molar-refractivity contribution in [1.82, 2.24) is 0 Å². The molecule has 8 nitrogen and oxygen atoms in total. The molecule has 8 heteroatoms. The molecule has 0 aromatic carbocycles. The Morgan fingerprint density at radius 3 is 0.870 bits per heavy atom. The van der Waals surface area contributed by atoms with Gasteiger partial charge in [-0.3, -0.25) is 0 Å². The molecule has 0 aromatic rings. The van der Waals surface area contributed by atoms with Crippen LogP contribution in [0.15, 0.2) is 0 Å². The molecule has 10 N–H and O–H groups in total. The third-order valence-electron chi connectivity index (χ3n) is 3.72. The standard InChI is InChI=1S/C15H34N2O6/c16-3-1-10(18)5-12(20)7-14(22)9-15(23)8-13(21)6-11(19)2-4-17/h10-15,18-23H,1-9,16-17H2/t10-,11+,12-,13+,14-,15-/m1/s1. The third-order valence-corrected chi connectivity index (χ3v) is 3.72. The van der Waals surface area contributed by atoms with Gasteiger partial charge in [0.2, 0.25) is 0 Å². The van der Waals surface area contributed by atoms with Crippen LogP contribution in [0.1, 0.15) is 44.9 Å². The minimum absolute atomic E-state index is 0.00802. The second kappa shape index (κ2) is 13.0. The quantitative estimate of drug-likeness (QED) is 0.176. The van der Waals surface area contributed by atoms with Crippen molar-refractivity contribution in [2.75, 3.05) is 13.1 Å². The lowest BCUT2D eigenvalue weighted by atomic mass is 9.97. The minimum atomic E-state index is -0.939. The first-order valence-electron chi connectivity index (χ1n) is 8.26. The molecular formula is C15H34N2O6. The van der Waals surface area contributed by atoms with Gasteiger partial charge in [0.25, 0.3) is 0 Å². The molecule has 6 atom stereocenters. The van der Waals surface area contributed by atoms with Crippen LogP contribution < -0.4 is 11.5 Å². The van der Waals surface area contributed by atoms with Gasteiger partial charge in [-0.25, -0.2) is 0 Å². The first-order chi connectivity index (χ1) is 10.8. The Bertz CT molecular complexity index is 259. The van der Waals surface area contributed by atoms with Gasteiger partial charge in [0, 0.05) is 0 Å². The van der Waals surface area contributed by atoms with E-state index in [4.69, 9.17) is 11.5 Å². The van der Waals surface area contributed by atoms with Crippen molar-refractivity contribution in [3.8, 4) is 0 Å². The van der Waals surface area contributed by atoms with Crippen LogP contribution >= 0.6 is 0 Å². The molecule has 0 heterocycles. The molecule has 0 saturated carbocycles. The van der Waals surface area contributed by atoms with Gasteiger partial charge in [-0.2, -0.15) is 0 Å². The fourth-order valence-corrected chi connectivity index (χ4v) is 2.58. The zero-order chi connectivity index (χ0) is 17.8. The topological polar surface area (TPSA) is 173 Å². The average Bonchev–Trinajstić information content (AvgIpc) is 2.37. The first-order valence-corrected chi connectivity index (χ1v) is 8.26. The van der Waals surface area contributed by atoms with Crippen molar-refractivity contribution in [3.05, 3.63) is 0 Å². The maximum absolute atomic E-state index is 9.84. The molecule has 0 saturated heterocycles. The van der Waals surface area contributed by atoms with Gasteiger partial charge in [-0.15, -0.1) is 0 Å². The fourth-order valence-electron chi connectivity index (χ4n) is 2.58. The van der Waals surface area contributed by atoms with Gasteiger partial charge in [0.05, 0.1) is 36.6 Å². The number of aliphatic hydroxyl groups is 6. The van der Waals surface area contributed by atoms with E-state index in [2.05, 4.69) is 0 Å². The van der Waals surface area contributed by atoms with E-state index < -0.39 is 36.6 Å². The summed E-state index contributed by atoms with van der Waals surface area (Å²) in [6.45, 7) is 0.645. The van der Waals surface area contributed by atoms with Crippen LogP contribution in [0.3, 0.4) is 0 Å². The smallest absolute Gasteiger partial charge is 0.0589 e. The Morgan fingerprint density at radius 2 is 0.652 bits per heavy atom. The van der Waals surface area contributed by atoms with Crippen molar-refractivity contribution in [2.24, 2.45) is 11.5 Å². The molecule has 0 amide bonds. The Balaban J connectivity index is 3.97. The van der Waals surface area contributed by atoms with Crippen molar-refractivity contribution in [2.45, 2.75) is 81.6 Å². The van der Waals surface area contributed by atoms with Gasteiger partial charge in [0.1, 0.15) is 0 Å². The lowest BCUT2D eigenvalue weighted by molar-refractivity contribution is -0.00125. The first kappa shape index (κ1) is 22.7. The third kappa shape index (κ3) is 12.7. The maximum Gasteiger partial charge on any atom is 0.0589 e. The lowest BCUT2D eigenvalue weighted by Gasteiger charge is -2.22. The zero-order valence-corrected chi connectivity index (χ0v) is 13.7. The summed E-state index contributed by atoms with van der Waals surface area (Å²) in [4.78, 5) is 0. The molecule has 0 rings (SSSR count). The van der Waals surface area contributed by atoms with E-state index in [-0.39, 0.29) is 32.1 Å². The Labute approximate surface area is 137 Å². The SMILES string of the molecule is NCC[C@@H](O)C[C@@H](O)C[C@@H](O)C[C@H](O)C[C@@H](O)C[C@@H](O)CCN. The molecule has 0 bridgehead atoms. The summed E-state index contributed by atoms with van der Waals surface area (Å²) in [5.41, 5.74) is 10.6. The summed E-state index contributed by atoms with van der Waals surface area (Å²) in [5, 5.41) is 58.2. The highest BCUT2D eigenvalue weighted by atomic mass is 16.3. The summed E-state index contributed by atoms with van der Waals surface area (Å²) in [5.74, 6) is 0. The van der Waals surface area contributed by atoms with Crippen LogP contribution in [-0.4, -0.2) is 80.4 Å². The van der Waals surface area contributed by atoms with Crippen molar-refractivity contribution in [1.29, 1.82) is 0 Å². The molecule has 0 spiro atoms. The number of rotatable bonds is 14. The summed E-state index contributed by atoms with van der Waals surface area (Å²) < 4.78 is 0. The van der Waals surface area contributed by atoms with E-state index in [9.17, 15) is 30.6 Å². The fraction of sp³-hybridized carbons (Fsp3) is 1.00. The number of aliphatic hydroxyl groups excluding tert-OH is 6. The van der Waals surface area contributed by atoms with Crippen LogP contribution in [0.4, 0.5) is 0 Å². The number of hydrogen-bond acceptors (Lipinski definition) is 8. The Hall–Kier alpha value is -0.320. The molecule has 0 radical (unpaired) electrons. The highest BCUT2D eigenvalue weighted by Crippen LogP contribution is 2.15. The second-order valence-electron chi connectivity index (χ2n) is 6.26. The van der Waals surface area contributed by atoms with Gasteiger partial charge >= 0.3 is 0 Å². The van der Waals surface area contributed by atoms with E-state index in [1.54, 1.807) is 0 Å². The van der Waals surface area contributed by atoms with Crippen LogP contribution in [0.5, 0.6) is 0 Å².